The molecule has 2 fully saturated rings. The number of ketones is 1. The number of carbonyl (C=O) groups excluding carboxylic acids is 1. The maximum absolute atomic E-state index is 12.8. The standard InChI is InChI=1S/C28H30Cl2O3/c1-28-12-11-19-20(23(28)8-10-27(28)32)6-3-16-14-26(33-2)17(13-22(16)19)4-9-25(31)21-7-5-18(29)15-24(21)30/h4-5,7,9,13-15,19-20,23,27,32H,3,6,8,10-12H2,1-2H3/b9-4+/t19?,20?,23?,27-,28-/m0/s1. The van der Waals surface area contributed by atoms with Crippen LogP contribution in [0, 0.1) is 17.3 Å². The number of allylic oxidation sites excluding steroid dienone is 1. The Hall–Kier alpha value is -1.81. The van der Waals surface area contributed by atoms with Crippen LogP contribution in [0.25, 0.3) is 6.08 Å². The Labute approximate surface area is 205 Å². The lowest BCUT2D eigenvalue weighted by molar-refractivity contribution is -0.0226. The van der Waals surface area contributed by atoms with Crippen LogP contribution >= 0.6 is 23.2 Å². The van der Waals surface area contributed by atoms with Gasteiger partial charge in [-0.25, -0.2) is 0 Å². The fourth-order valence-electron chi connectivity index (χ4n) is 6.84. The third-order valence-corrected chi connectivity index (χ3v) is 9.18. The van der Waals surface area contributed by atoms with E-state index in [0.717, 1.165) is 43.4 Å². The molecule has 0 aliphatic heterocycles. The molecule has 2 aromatic rings. The number of methoxy groups -OCH3 is 1. The number of hydrogen-bond donors (Lipinski definition) is 1. The summed E-state index contributed by atoms with van der Waals surface area (Å²) in [5.41, 5.74) is 4.17. The molecule has 3 unspecified atom stereocenters. The summed E-state index contributed by atoms with van der Waals surface area (Å²) in [7, 11) is 1.68. The minimum Gasteiger partial charge on any atom is -0.496 e. The van der Waals surface area contributed by atoms with Gasteiger partial charge >= 0.3 is 0 Å². The number of rotatable bonds is 4. The number of fused-ring (bicyclic) bond motifs is 5. The van der Waals surface area contributed by atoms with Gasteiger partial charge in [-0.1, -0.05) is 30.1 Å². The lowest BCUT2D eigenvalue weighted by atomic mass is 9.55. The van der Waals surface area contributed by atoms with E-state index in [1.54, 1.807) is 31.4 Å². The van der Waals surface area contributed by atoms with Crippen molar-refractivity contribution in [1.29, 1.82) is 0 Å². The van der Waals surface area contributed by atoms with E-state index < -0.39 is 0 Å². The summed E-state index contributed by atoms with van der Waals surface area (Å²) in [4.78, 5) is 12.8. The molecule has 3 aliphatic rings. The molecule has 33 heavy (non-hydrogen) atoms. The third-order valence-electron chi connectivity index (χ3n) is 8.64. The second-order valence-corrected chi connectivity index (χ2v) is 11.0. The summed E-state index contributed by atoms with van der Waals surface area (Å²) >= 11 is 12.2. The Morgan fingerprint density at radius 1 is 1.15 bits per heavy atom. The van der Waals surface area contributed by atoms with E-state index in [1.165, 1.54) is 17.5 Å². The smallest absolute Gasteiger partial charge is 0.187 e. The summed E-state index contributed by atoms with van der Waals surface area (Å²) in [5.74, 6) is 2.34. The van der Waals surface area contributed by atoms with E-state index in [1.807, 2.05) is 6.08 Å². The molecular weight excluding hydrogens is 455 g/mol. The first-order valence-electron chi connectivity index (χ1n) is 11.9. The van der Waals surface area contributed by atoms with Gasteiger partial charge in [0.25, 0.3) is 0 Å². The Balaban J connectivity index is 1.46. The lowest BCUT2D eigenvalue weighted by Gasteiger charge is -2.50. The molecule has 0 saturated heterocycles. The SMILES string of the molecule is COc1cc2c(cc1/C=C/C(=O)c1ccc(Cl)cc1Cl)C1CC[C@@]3(C)C(CC[C@@H]3O)C1CC2. The minimum absolute atomic E-state index is 0.0676. The van der Waals surface area contributed by atoms with Gasteiger partial charge in [-0.15, -0.1) is 0 Å². The first kappa shape index (κ1) is 23.0. The van der Waals surface area contributed by atoms with Crippen molar-refractivity contribution in [1.82, 2.24) is 0 Å². The van der Waals surface area contributed by atoms with Gasteiger partial charge in [0.15, 0.2) is 5.78 Å². The first-order valence-corrected chi connectivity index (χ1v) is 12.6. The molecule has 0 spiro atoms. The highest BCUT2D eigenvalue weighted by atomic mass is 35.5. The maximum atomic E-state index is 12.8. The van der Waals surface area contributed by atoms with E-state index in [4.69, 9.17) is 27.9 Å². The number of carbonyl (C=O) groups is 1. The monoisotopic (exact) mass is 484 g/mol. The molecule has 1 N–H and O–H groups in total. The molecule has 174 valence electrons. The molecular formula is C28H30Cl2O3. The van der Waals surface area contributed by atoms with Crippen LogP contribution in [0.15, 0.2) is 36.4 Å². The molecule has 3 nitrogen and oxygen atoms in total. The van der Waals surface area contributed by atoms with E-state index >= 15 is 0 Å². The maximum Gasteiger partial charge on any atom is 0.187 e. The van der Waals surface area contributed by atoms with Gasteiger partial charge in [0, 0.05) is 16.1 Å². The highest BCUT2D eigenvalue weighted by Gasteiger charge is 2.54. The normalized spacial score (nSPS) is 30.6. The van der Waals surface area contributed by atoms with Crippen LogP contribution in [-0.4, -0.2) is 24.1 Å². The predicted molar refractivity (Wildman–Crippen MR) is 133 cm³/mol. The van der Waals surface area contributed by atoms with Crippen molar-refractivity contribution >= 4 is 35.1 Å². The molecule has 0 amide bonds. The van der Waals surface area contributed by atoms with Crippen molar-refractivity contribution in [2.75, 3.05) is 7.11 Å². The summed E-state index contributed by atoms with van der Waals surface area (Å²) in [6.07, 6.45) is 9.70. The highest BCUT2D eigenvalue weighted by molar-refractivity contribution is 6.37. The van der Waals surface area contributed by atoms with Crippen LogP contribution in [0.3, 0.4) is 0 Å². The number of aliphatic hydroxyl groups is 1. The van der Waals surface area contributed by atoms with E-state index in [9.17, 15) is 9.90 Å². The van der Waals surface area contributed by atoms with E-state index in [-0.39, 0.29) is 17.3 Å². The summed E-state index contributed by atoms with van der Waals surface area (Å²) < 4.78 is 5.69. The quantitative estimate of drug-likeness (QED) is 0.371. The van der Waals surface area contributed by atoms with Crippen LogP contribution in [0.1, 0.15) is 72.0 Å². The zero-order chi connectivity index (χ0) is 23.3. The number of hydrogen-bond acceptors (Lipinski definition) is 3. The largest absolute Gasteiger partial charge is 0.496 e. The van der Waals surface area contributed by atoms with Gasteiger partial charge < -0.3 is 9.84 Å². The Morgan fingerprint density at radius 3 is 2.73 bits per heavy atom. The third kappa shape index (κ3) is 3.92. The minimum atomic E-state index is -0.164. The van der Waals surface area contributed by atoms with Gasteiger partial charge in [-0.3, -0.25) is 4.79 Å². The van der Waals surface area contributed by atoms with Gasteiger partial charge in [0.1, 0.15) is 5.75 Å². The molecule has 5 heteroatoms. The van der Waals surface area contributed by atoms with Gasteiger partial charge in [0.2, 0.25) is 0 Å². The summed E-state index contributed by atoms with van der Waals surface area (Å²) in [5, 5.41) is 11.5. The Morgan fingerprint density at radius 2 is 1.97 bits per heavy atom. The molecule has 0 heterocycles. The number of benzene rings is 2. The molecule has 0 aromatic heterocycles. The molecule has 5 rings (SSSR count). The Bertz CT molecular complexity index is 1120. The predicted octanol–water partition coefficient (Wildman–Crippen LogP) is 7.12. The van der Waals surface area contributed by atoms with Gasteiger partial charge in [0.05, 0.1) is 18.2 Å². The fourth-order valence-corrected chi connectivity index (χ4v) is 7.34. The average molecular weight is 485 g/mol. The van der Waals surface area contributed by atoms with Crippen LogP contribution in [0.2, 0.25) is 10.0 Å². The zero-order valence-electron chi connectivity index (χ0n) is 19.1. The zero-order valence-corrected chi connectivity index (χ0v) is 20.6. The molecule has 5 atom stereocenters. The summed E-state index contributed by atoms with van der Waals surface area (Å²) in [6.45, 7) is 2.30. The van der Waals surface area contributed by atoms with Crippen molar-refractivity contribution in [3.05, 3.63) is 68.7 Å². The second-order valence-electron chi connectivity index (χ2n) is 10.2. The topological polar surface area (TPSA) is 46.5 Å². The van der Waals surface area contributed by atoms with Crippen LogP contribution in [-0.2, 0) is 6.42 Å². The van der Waals surface area contributed by atoms with Crippen LogP contribution < -0.4 is 4.74 Å². The van der Waals surface area contributed by atoms with Crippen LogP contribution in [0.5, 0.6) is 5.75 Å². The van der Waals surface area contributed by atoms with Gasteiger partial charge in [-0.2, -0.15) is 0 Å². The Kier molecular flexibility index (Phi) is 6.09. The van der Waals surface area contributed by atoms with Crippen molar-refractivity contribution in [2.45, 2.75) is 57.5 Å². The van der Waals surface area contributed by atoms with E-state index in [2.05, 4.69) is 19.1 Å². The second kappa shape index (κ2) is 8.76. The summed E-state index contributed by atoms with van der Waals surface area (Å²) in [6, 6.07) is 9.29. The molecule has 0 radical (unpaired) electrons. The molecule has 2 aromatic carbocycles. The van der Waals surface area contributed by atoms with Crippen molar-refractivity contribution < 1.29 is 14.6 Å². The molecule has 3 aliphatic carbocycles. The van der Waals surface area contributed by atoms with Gasteiger partial charge in [-0.05, 0) is 115 Å². The van der Waals surface area contributed by atoms with Crippen molar-refractivity contribution in [3.63, 3.8) is 0 Å². The first-order chi connectivity index (χ1) is 15.8. The van der Waals surface area contributed by atoms with Crippen molar-refractivity contribution in [3.8, 4) is 5.75 Å². The number of aliphatic hydroxyl groups excluding tert-OH is 1. The van der Waals surface area contributed by atoms with Crippen molar-refractivity contribution in [2.24, 2.45) is 17.3 Å². The average Bonchev–Trinajstić information content (AvgIpc) is 3.11. The highest BCUT2D eigenvalue weighted by Crippen LogP contribution is 2.61. The molecule has 2 saturated carbocycles. The van der Waals surface area contributed by atoms with E-state index in [0.29, 0.717) is 33.4 Å². The number of aryl methyl sites for hydroxylation is 1. The number of halogens is 2. The lowest BCUT2D eigenvalue weighted by Crippen LogP contribution is -2.43. The number of ether oxygens (including phenoxy) is 1. The van der Waals surface area contributed by atoms with Crippen LogP contribution in [0.4, 0.5) is 0 Å². The molecule has 0 bridgehead atoms. The fraction of sp³-hybridized carbons (Fsp3) is 0.464.